The van der Waals surface area contributed by atoms with Gasteiger partial charge in [-0.2, -0.15) is 0 Å². The van der Waals surface area contributed by atoms with Crippen LogP contribution in [0.3, 0.4) is 0 Å². The molecule has 130 valence electrons. The lowest BCUT2D eigenvalue weighted by atomic mass is 9.91. The van der Waals surface area contributed by atoms with Gasteiger partial charge in [0.15, 0.2) is 5.75 Å². The van der Waals surface area contributed by atoms with Crippen molar-refractivity contribution in [2.45, 2.75) is 39.0 Å². The molecule has 0 amide bonds. The average molecular weight is 388 g/mol. The van der Waals surface area contributed by atoms with Crippen LogP contribution in [-0.2, 0) is 6.42 Å². The van der Waals surface area contributed by atoms with Crippen LogP contribution in [0, 0.1) is 0 Å². The van der Waals surface area contributed by atoms with Gasteiger partial charge in [0, 0.05) is 0 Å². The van der Waals surface area contributed by atoms with E-state index in [2.05, 4.69) is 26.8 Å². The molecule has 0 spiro atoms. The van der Waals surface area contributed by atoms with Gasteiger partial charge in [-0.1, -0.05) is 61.6 Å². The van der Waals surface area contributed by atoms with E-state index in [4.69, 9.17) is 39.5 Å². The lowest BCUT2D eigenvalue weighted by molar-refractivity contribution is 0.407. The predicted molar refractivity (Wildman–Crippen MR) is 102 cm³/mol. The van der Waals surface area contributed by atoms with Gasteiger partial charge < -0.3 is 9.84 Å². The van der Waals surface area contributed by atoms with Crippen molar-refractivity contribution < 1.29 is 9.84 Å². The third-order valence-corrected chi connectivity index (χ3v) is 4.97. The summed E-state index contributed by atoms with van der Waals surface area (Å²) in [6.07, 6.45) is 0.779. The van der Waals surface area contributed by atoms with Crippen molar-refractivity contribution in [2.75, 3.05) is 7.11 Å². The molecule has 5 heteroatoms. The highest BCUT2D eigenvalue weighted by atomic mass is 35.5. The number of benzene rings is 2. The second-order valence-electron chi connectivity index (χ2n) is 6.29. The Labute approximate surface area is 158 Å². The molecule has 1 atom stereocenters. The summed E-state index contributed by atoms with van der Waals surface area (Å²) in [4.78, 5) is 0. The number of methoxy groups -OCH3 is 1. The molecule has 0 aliphatic carbocycles. The SMILES string of the molecule is COc1c(Cl)cc(CC(C)c2cc(Cl)c(O)c(Cl)c2)cc1C(C)C. The zero-order valence-electron chi connectivity index (χ0n) is 14.2. The molecule has 0 radical (unpaired) electrons. The van der Waals surface area contributed by atoms with Crippen LogP contribution in [0.25, 0.3) is 0 Å². The first kappa shape index (κ1) is 19.2. The second-order valence-corrected chi connectivity index (χ2v) is 7.51. The Kier molecular flexibility index (Phi) is 6.30. The van der Waals surface area contributed by atoms with E-state index in [1.807, 2.05) is 6.07 Å². The Hall–Kier alpha value is -1.09. The van der Waals surface area contributed by atoms with Gasteiger partial charge in [0.05, 0.1) is 22.2 Å². The number of rotatable bonds is 5. The van der Waals surface area contributed by atoms with E-state index in [0.717, 1.165) is 28.9 Å². The maximum Gasteiger partial charge on any atom is 0.152 e. The minimum atomic E-state index is -0.0798. The van der Waals surface area contributed by atoms with Gasteiger partial charge in [-0.3, -0.25) is 0 Å². The Bertz CT molecular complexity index is 719. The topological polar surface area (TPSA) is 29.5 Å². The molecule has 0 saturated heterocycles. The Morgan fingerprint density at radius 1 is 0.958 bits per heavy atom. The maximum atomic E-state index is 9.70. The molecule has 0 bridgehead atoms. The summed E-state index contributed by atoms with van der Waals surface area (Å²) in [5.41, 5.74) is 3.19. The highest BCUT2D eigenvalue weighted by Gasteiger charge is 2.16. The lowest BCUT2D eigenvalue weighted by Crippen LogP contribution is -2.02. The van der Waals surface area contributed by atoms with Crippen LogP contribution in [0.4, 0.5) is 0 Å². The van der Waals surface area contributed by atoms with E-state index in [1.54, 1.807) is 19.2 Å². The summed E-state index contributed by atoms with van der Waals surface area (Å²) in [5.74, 6) is 1.14. The summed E-state index contributed by atoms with van der Waals surface area (Å²) in [6.45, 7) is 6.31. The van der Waals surface area contributed by atoms with Crippen molar-refractivity contribution in [3.05, 3.63) is 56.0 Å². The van der Waals surface area contributed by atoms with Crippen molar-refractivity contribution in [1.29, 1.82) is 0 Å². The van der Waals surface area contributed by atoms with Gasteiger partial charge >= 0.3 is 0 Å². The Balaban J connectivity index is 2.34. The van der Waals surface area contributed by atoms with Gasteiger partial charge in [-0.25, -0.2) is 0 Å². The van der Waals surface area contributed by atoms with E-state index < -0.39 is 0 Å². The Morgan fingerprint density at radius 3 is 2.04 bits per heavy atom. The molecule has 2 aromatic carbocycles. The number of phenolic OH excluding ortho intramolecular Hbond substituents is 1. The predicted octanol–water partition coefficient (Wildman–Crippen LogP) is 6.83. The third kappa shape index (κ3) is 4.11. The molecular formula is C19H21Cl3O2. The molecule has 0 aliphatic heterocycles. The van der Waals surface area contributed by atoms with Crippen LogP contribution < -0.4 is 4.74 Å². The summed E-state index contributed by atoms with van der Waals surface area (Å²) in [5, 5.41) is 10.8. The largest absolute Gasteiger partial charge is 0.505 e. The average Bonchev–Trinajstić information content (AvgIpc) is 2.51. The number of halogens is 3. The van der Waals surface area contributed by atoms with Crippen molar-refractivity contribution in [1.82, 2.24) is 0 Å². The first-order valence-corrected chi connectivity index (χ1v) is 8.92. The number of phenols is 1. The fourth-order valence-electron chi connectivity index (χ4n) is 2.78. The summed E-state index contributed by atoms with van der Waals surface area (Å²) < 4.78 is 5.43. The Morgan fingerprint density at radius 2 is 1.54 bits per heavy atom. The zero-order chi connectivity index (χ0) is 18.0. The van der Waals surface area contributed by atoms with Crippen LogP contribution in [0.1, 0.15) is 49.3 Å². The summed E-state index contributed by atoms with van der Waals surface area (Å²) >= 11 is 18.4. The van der Waals surface area contributed by atoms with Gasteiger partial charge in [0.2, 0.25) is 0 Å². The van der Waals surface area contributed by atoms with Crippen LogP contribution in [0.2, 0.25) is 15.1 Å². The molecule has 2 rings (SSSR count). The maximum absolute atomic E-state index is 9.70. The monoisotopic (exact) mass is 386 g/mol. The second kappa shape index (κ2) is 7.86. The molecule has 1 N–H and O–H groups in total. The molecule has 24 heavy (non-hydrogen) atoms. The lowest BCUT2D eigenvalue weighted by Gasteiger charge is -2.18. The third-order valence-electron chi connectivity index (χ3n) is 4.11. The van der Waals surface area contributed by atoms with Crippen molar-refractivity contribution in [2.24, 2.45) is 0 Å². The van der Waals surface area contributed by atoms with Gasteiger partial charge in [0.1, 0.15) is 5.75 Å². The minimum Gasteiger partial charge on any atom is -0.505 e. The molecule has 2 nitrogen and oxygen atoms in total. The minimum absolute atomic E-state index is 0.0798. The van der Waals surface area contributed by atoms with Gasteiger partial charge in [0.25, 0.3) is 0 Å². The quantitative estimate of drug-likeness (QED) is 0.609. The highest BCUT2D eigenvalue weighted by molar-refractivity contribution is 6.37. The smallest absolute Gasteiger partial charge is 0.152 e. The van der Waals surface area contributed by atoms with E-state index in [0.29, 0.717) is 10.9 Å². The molecule has 2 aromatic rings. The van der Waals surface area contributed by atoms with Crippen molar-refractivity contribution >= 4 is 34.8 Å². The van der Waals surface area contributed by atoms with E-state index >= 15 is 0 Å². The molecular weight excluding hydrogens is 367 g/mol. The zero-order valence-corrected chi connectivity index (χ0v) is 16.4. The fraction of sp³-hybridized carbons (Fsp3) is 0.368. The van der Waals surface area contributed by atoms with Crippen LogP contribution in [0.15, 0.2) is 24.3 Å². The van der Waals surface area contributed by atoms with Crippen LogP contribution in [-0.4, -0.2) is 12.2 Å². The first-order valence-electron chi connectivity index (χ1n) is 7.78. The summed E-state index contributed by atoms with van der Waals surface area (Å²) in [6, 6.07) is 7.58. The molecule has 0 heterocycles. The van der Waals surface area contributed by atoms with E-state index in [9.17, 15) is 5.11 Å². The van der Waals surface area contributed by atoms with Crippen LogP contribution >= 0.6 is 34.8 Å². The molecule has 1 unspecified atom stereocenters. The number of ether oxygens (including phenoxy) is 1. The normalized spacial score (nSPS) is 12.5. The van der Waals surface area contributed by atoms with Crippen molar-refractivity contribution in [3.8, 4) is 11.5 Å². The van der Waals surface area contributed by atoms with E-state index in [1.165, 1.54) is 0 Å². The molecule has 0 aromatic heterocycles. The standard InChI is InChI=1S/C19H21Cl3O2/c1-10(2)14-6-12(7-17(22)19(14)24-4)5-11(3)13-8-15(20)18(23)16(21)9-13/h6-11,23H,5H2,1-4H3. The molecule has 0 fully saturated rings. The van der Waals surface area contributed by atoms with Crippen molar-refractivity contribution in [3.63, 3.8) is 0 Å². The molecule has 0 aliphatic rings. The number of hydrogen-bond donors (Lipinski definition) is 1. The highest BCUT2D eigenvalue weighted by Crippen LogP contribution is 2.38. The van der Waals surface area contributed by atoms with E-state index in [-0.39, 0.29) is 21.7 Å². The van der Waals surface area contributed by atoms with Gasteiger partial charge in [-0.15, -0.1) is 0 Å². The first-order chi connectivity index (χ1) is 11.2. The summed E-state index contributed by atoms with van der Waals surface area (Å²) in [7, 11) is 1.63. The van der Waals surface area contributed by atoms with Crippen LogP contribution in [0.5, 0.6) is 11.5 Å². The number of hydrogen-bond acceptors (Lipinski definition) is 2. The fourth-order valence-corrected chi connectivity index (χ4v) is 3.61. The van der Waals surface area contributed by atoms with Gasteiger partial charge in [-0.05, 0) is 53.1 Å². The molecule has 0 saturated carbocycles. The number of aromatic hydroxyl groups is 1.